The van der Waals surface area contributed by atoms with E-state index in [2.05, 4.69) is 34.3 Å². The highest BCUT2D eigenvalue weighted by Crippen LogP contribution is 2.17. The van der Waals surface area contributed by atoms with Crippen LogP contribution in [0.25, 0.3) is 0 Å². The third-order valence-electron chi connectivity index (χ3n) is 5.65. The van der Waals surface area contributed by atoms with Gasteiger partial charge in [-0.2, -0.15) is 0 Å². The van der Waals surface area contributed by atoms with E-state index in [1.807, 2.05) is 0 Å². The van der Waals surface area contributed by atoms with Crippen molar-refractivity contribution in [3.63, 3.8) is 0 Å². The summed E-state index contributed by atoms with van der Waals surface area (Å²) in [6, 6.07) is 14.8. The third kappa shape index (κ3) is 6.16. The van der Waals surface area contributed by atoms with E-state index in [0.29, 0.717) is 12.1 Å². The molecule has 4 heteroatoms. The van der Waals surface area contributed by atoms with Crippen LogP contribution in [-0.2, 0) is 12.8 Å². The maximum absolute atomic E-state index is 13.1. The summed E-state index contributed by atoms with van der Waals surface area (Å²) in [5, 5.41) is 12.8. The van der Waals surface area contributed by atoms with Gasteiger partial charge in [-0.3, -0.25) is 0 Å². The molecule has 0 amide bonds. The molecule has 1 aliphatic rings. The van der Waals surface area contributed by atoms with E-state index in [1.54, 1.807) is 12.1 Å². The average molecular weight is 383 g/mol. The minimum Gasteiger partial charge on any atom is -0.411 e. The van der Waals surface area contributed by atoms with Gasteiger partial charge in [-0.05, 0) is 93.4 Å². The summed E-state index contributed by atoms with van der Waals surface area (Å²) in [5.41, 5.74) is 4.21. The van der Waals surface area contributed by atoms with Gasteiger partial charge in [0.05, 0.1) is 5.71 Å². The summed E-state index contributed by atoms with van der Waals surface area (Å²) >= 11 is 0. The number of rotatable bonds is 9. The molecule has 1 aliphatic heterocycles. The second kappa shape index (κ2) is 11.0. The van der Waals surface area contributed by atoms with Crippen LogP contribution in [0.1, 0.15) is 55.2 Å². The Labute approximate surface area is 167 Å². The van der Waals surface area contributed by atoms with E-state index in [4.69, 9.17) is 0 Å². The van der Waals surface area contributed by atoms with E-state index >= 15 is 0 Å². The lowest BCUT2D eigenvalue weighted by Gasteiger charge is -2.26. The number of hydrogen-bond donors (Lipinski definition) is 1. The van der Waals surface area contributed by atoms with Crippen LogP contribution in [0, 0.1) is 5.82 Å². The summed E-state index contributed by atoms with van der Waals surface area (Å²) in [7, 11) is 0. The van der Waals surface area contributed by atoms with Gasteiger partial charge in [0, 0.05) is 0 Å². The van der Waals surface area contributed by atoms with Gasteiger partial charge in [-0.15, -0.1) is 0 Å². The lowest BCUT2D eigenvalue weighted by Crippen LogP contribution is -2.30. The fraction of sp³-hybridized carbons (Fsp3) is 0.458. The Bertz CT molecular complexity index is 751. The number of likely N-dealkylation sites (tertiary alicyclic amines) is 1. The molecule has 1 heterocycles. The van der Waals surface area contributed by atoms with E-state index in [0.717, 1.165) is 24.8 Å². The molecular weight excluding hydrogens is 351 g/mol. The first-order valence-corrected chi connectivity index (χ1v) is 10.5. The standard InChI is InChI=1S/C24H31FN2O/c25-23-15-13-22(14-16-23)24(26-28)12-6-10-20-8-2-3-9-21(20)11-7-19-27-17-4-1-5-18-27/h2-3,8-9,13-16,28H,1,4-7,10-12,17-19H2. The Morgan fingerprint density at radius 1 is 0.893 bits per heavy atom. The van der Waals surface area contributed by atoms with Gasteiger partial charge in [-0.1, -0.05) is 48.0 Å². The quantitative estimate of drug-likeness (QED) is 0.356. The van der Waals surface area contributed by atoms with Crippen molar-refractivity contribution in [2.24, 2.45) is 5.16 Å². The highest BCUT2D eigenvalue weighted by molar-refractivity contribution is 6.00. The Balaban J connectivity index is 1.49. The van der Waals surface area contributed by atoms with Gasteiger partial charge in [0.15, 0.2) is 0 Å². The van der Waals surface area contributed by atoms with Crippen LogP contribution in [0.3, 0.4) is 0 Å². The summed E-state index contributed by atoms with van der Waals surface area (Å²) in [6.07, 6.45) is 8.93. The highest BCUT2D eigenvalue weighted by Gasteiger charge is 2.10. The number of oxime groups is 1. The minimum atomic E-state index is -0.278. The maximum Gasteiger partial charge on any atom is 0.123 e. The molecule has 0 spiro atoms. The topological polar surface area (TPSA) is 35.8 Å². The molecule has 150 valence electrons. The molecule has 1 N–H and O–H groups in total. The summed E-state index contributed by atoms with van der Waals surface area (Å²) in [4.78, 5) is 2.60. The second-order valence-corrected chi connectivity index (χ2v) is 7.68. The predicted octanol–water partition coefficient (Wildman–Crippen LogP) is 5.45. The molecule has 0 radical (unpaired) electrons. The van der Waals surface area contributed by atoms with Crippen molar-refractivity contribution in [1.82, 2.24) is 4.90 Å². The van der Waals surface area contributed by atoms with E-state index in [9.17, 15) is 9.60 Å². The van der Waals surface area contributed by atoms with E-state index < -0.39 is 0 Å². The van der Waals surface area contributed by atoms with Crippen LogP contribution in [-0.4, -0.2) is 35.5 Å². The molecule has 3 rings (SSSR count). The van der Waals surface area contributed by atoms with Crippen molar-refractivity contribution in [2.45, 2.75) is 51.4 Å². The van der Waals surface area contributed by atoms with Crippen LogP contribution in [0.15, 0.2) is 53.7 Å². The first-order chi connectivity index (χ1) is 13.8. The molecule has 0 bridgehead atoms. The van der Waals surface area contributed by atoms with Gasteiger partial charge in [-0.25, -0.2) is 4.39 Å². The largest absolute Gasteiger partial charge is 0.411 e. The fourth-order valence-corrected chi connectivity index (χ4v) is 4.06. The van der Waals surface area contributed by atoms with Crippen molar-refractivity contribution in [1.29, 1.82) is 0 Å². The molecule has 0 atom stereocenters. The Hall–Kier alpha value is -2.20. The first kappa shape index (κ1) is 20.5. The average Bonchev–Trinajstić information content (AvgIpc) is 2.74. The van der Waals surface area contributed by atoms with Gasteiger partial charge in [0.25, 0.3) is 0 Å². The summed E-state index contributed by atoms with van der Waals surface area (Å²) < 4.78 is 13.1. The molecule has 2 aromatic rings. The Morgan fingerprint density at radius 2 is 1.54 bits per heavy atom. The zero-order valence-electron chi connectivity index (χ0n) is 16.6. The molecule has 2 aromatic carbocycles. The van der Waals surface area contributed by atoms with Crippen molar-refractivity contribution in [3.8, 4) is 0 Å². The molecule has 0 unspecified atom stereocenters. The molecule has 0 aromatic heterocycles. The fourth-order valence-electron chi connectivity index (χ4n) is 4.06. The first-order valence-electron chi connectivity index (χ1n) is 10.5. The van der Waals surface area contributed by atoms with Crippen molar-refractivity contribution >= 4 is 5.71 Å². The van der Waals surface area contributed by atoms with Crippen LogP contribution >= 0.6 is 0 Å². The second-order valence-electron chi connectivity index (χ2n) is 7.68. The maximum atomic E-state index is 13.1. The molecular formula is C24H31FN2O. The number of benzene rings is 2. The van der Waals surface area contributed by atoms with Crippen LogP contribution in [0.4, 0.5) is 4.39 Å². The normalized spacial score (nSPS) is 15.7. The zero-order valence-corrected chi connectivity index (χ0v) is 16.6. The van der Waals surface area contributed by atoms with Crippen molar-refractivity contribution in [3.05, 3.63) is 71.0 Å². The highest BCUT2D eigenvalue weighted by atomic mass is 19.1. The lowest BCUT2D eigenvalue weighted by molar-refractivity contribution is 0.226. The van der Waals surface area contributed by atoms with Crippen molar-refractivity contribution in [2.75, 3.05) is 19.6 Å². The Kier molecular flexibility index (Phi) is 8.04. The lowest BCUT2D eigenvalue weighted by atomic mass is 9.96. The zero-order chi connectivity index (χ0) is 19.6. The van der Waals surface area contributed by atoms with Gasteiger partial charge < -0.3 is 10.1 Å². The van der Waals surface area contributed by atoms with Crippen LogP contribution < -0.4 is 0 Å². The summed E-state index contributed by atoms with van der Waals surface area (Å²) in [6.45, 7) is 3.71. The SMILES string of the molecule is ON=C(CCCc1ccccc1CCCN1CCCCC1)c1ccc(F)cc1. The number of hydrogen-bond acceptors (Lipinski definition) is 3. The van der Waals surface area contributed by atoms with Crippen LogP contribution in [0.2, 0.25) is 0 Å². The van der Waals surface area contributed by atoms with E-state index in [1.165, 1.54) is 68.6 Å². The minimum absolute atomic E-state index is 0.278. The number of piperidine rings is 1. The molecule has 3 nitrogen and oxygen atoms in total. The predicted molar refractivity (Wildman–Crippen MR) is 113 cm³/mol. The molecule has 1 saturated heterocycles. The summed E-state index contributed by atoms with van der Waals surface area (Å²) in [5.74, 6) is -0.278. The number of aryl methyl sites for hydroxylation is 2. The third-order valence-corrected chi connectivity index (χ3v) is 5.65. The molecule has 28 heavy (non-hydrogen) atoms. The molecule has 0 saturated carbocycles. The van der Waals surface area contributed by atoms with Gasteiger partial charge >= 0.3 is 0 Å². The number of nitrogens with zero attached hydrogens (tertiary/aromatic N) is 2. The monoisotopic (exact) mass is 382 g/mol. The Morgan fingerprint density at radius 3 is 2.18 bits per heavy atom. The van der Waals surface area contributed by atoms with Crippen LogP contribution in [0.5, 0.6) is 0 Å². The van der Waals surface area contributed by atoms with Gasteiger partial charge in [0.1, 0.15) is 5.82 Å². The molecule has 0 aliphatic carbocycles. The van der Waals surface area contributed by atoms with E-state index in [-0.39, 0.29) is 5.82 Å². The smallest absolute Gasteiger partial charge is 0.123 e. The van der Waals surface area contributed by atoms with Crippen molar-refractivity contribution < 1.29 is 9.60 Å². The number of halogens is 1. The molecule has 1 fully saturated rings. The van der Waals surface area contributed by atoms with Gasteiger partial charge in [0.2, 0.25) is 0 Å².